The molecule has 0 fully saturated rings. The van der Waals surface area contributed by atoms with Crippen molar-refractivity contribution in [2.75, 3.05) is 0 Å². The molecule has 0 bridgehead atoms. The first-order valence-corrected chi connectivity index (χ1v) is 9.34. The highest BCUT2D eigenvalue weighted by molar-refractivity contribution is 4.95. The van der Waals surface area contributed by atoms with E-state index >= 15 is 0 Å². The molecule has 0 saturated carbocycles. The monoisotopic (exact) mass is 280 g/mol. The molecule has 0 heteroatoms. The van der Waals surface area contributed by atoms with Crippen LogP contribution in [-0.4, -0.2) is 0 Å². The van der Waals surface area contributed by atoms with Crippen LogP contribution >= 0.6 is 0 Å². The Labute approximate surface area is 129 Å². The van der Waals surface area contributed by atoms with Crippen LogP contribution in [0.25, 0.3) is 0 Å². The van der Waals surface area contributed by atoms with Crippen molar-refractivity contribution in [2.45, 2.75) is 105 Å². The number of rotatable bonds is 14. The molecule has 0 amide bonds. The van der Waals surface area contributed by atoms with E-state index in [0.29, 0.717) is 0 Å². The maximum absolute atomic E-state index is 4.34. The summed E-state index contributed by atoms with van der Waals surface area (Å²) < 4.78 is 0. The van der Waals surface area contributed by atoms with Crippen molar-refractivity contribution in [3.05, 3.63) is 12.2 Å². The van der Waals surface area contributed by atoms with Crippen LogP contribution in [0.3, 0.4) is 0 Å². The minimum absolute atomic E-state index is 0.893. The summed E-state index contributed by atoms with van der Waals surface area (Å²) in [4.78, 5) is 0. The highest BCUT2D eigenvalue weighted by Gasteiger charge is 2.09. The van der Waals surface area contributed by atoms with Gasteiger partial charge in [0.1, 0.15) is 0 Å². The molecular formula is C20H40. The van der Waals surface area contributed by atoms with E-state index in [0.717, 1.165) is 11.8 Å². The summed E-state index contributed by atoms with van der Waals surface area (Å²) in [6.45, 7) is 13.6. The summed E-state index contributed by atoms with van der Waals surface area (Å²) in [5, 5.41) is 0. The van der Waals surface area contributed by atoms with Gasteiger partial charge < -0.3 is 0 Å². The molecule has 0 aromatic rings. The second-order valence-electron chi connectivity index (χ2n) is 6.68. The Morgan fingerprint density at radius 1 is 0.750 bits per heavy atom. The van der Waals surface area contributed by atoms with E-state index in [2.05, 4.69) is 34.3 Å². The number of allylic oxidation sites excluding steroid dienone is 1. The Morgan fingerprint density at radius 2 is 1.25 bits per heavy atom. The summed E-state index contributed by atoms with van der Waals surface area (Å²) in [6, 6.07) is 0. The van der Waals surface area contributed by atoms with Crippen LogP contribution in [0.5, 0.6) is 0 Å². The average Bonchev–Trinajstić information content (AvgIpc) is 2.46. The Bertz CT molecular complexity index is 216. The maximum Gasteiger partial charge on any atom is -0.0295 e. The molecular weight excluding hydrogens is 240 g/mol. The average molecular weight is 281 g/mol. The Morgan fingerprint density at radius 3 is 1.75 bits per heavy atom. The van der Waals surface area contributed by atoms with Crippen molar-refractivity contribution in [3.8, 4) is 0 Å². The SMILES string of the molecule is C=C(CCCC(CC)CCCC)CC(CC)CCCC. The van der Waals surface area contributed by atoms with E-state index in [1.54, 1.807) is 0 Å². The van der Waals surface area contributed by atoms with Crippen LogP contribution in [0.2, 0.25) is 0 Å². The topological polar surface area (TPSA) is 0 Å². The molecule has 0 aromatic heterocycles. The summed E-state index contributed by atoms with van der Waals surface area (Å²) in [6.07, 6.45) is 16.3. The lowest BCUT2D eigenvalue weighted by Crippen LogP contribution is -2.02. The largest absolute Gasteiger partial charge is 0.0999 e. The van der Waals surface area contributed by atoms with E-state index in [4.69, 9.17) is 0 Å². The van der Waals surface area contributed by atoms with Crippen LogP contribution in [-0.2, 0) is 0 Å². The zero-order valence-corrected chi connectivity index (χ0v) is 14.8. The molecule has 2 atom stereocenters. The van der Waals surface area contributed by atoms with Gasteiger partial charge in [-0.25, -0.2) is 0 Å². The van der Waals surface area contributed by atoms with E-state index in [1.165, 1.54) is 82.6 Å². The van der Waals surface area contributed by atoms with Gasteiger partial charge in [-0.3, -0.25) is 0 Å². The Hall–Kier alpha value is -0.260. The quantitative estimate of drug-likeness (QED) is 0.288. The Balaban J connectivity index is 3.79. The molecule has 20 heavy (non-hydrogen) atoms. The second-order valence-corrected chi connectivity index (χ2v) is 6.68. The number of hydrogen-bond donors (Lipinski definition) is 0. The number of hydrogen-bond acceptors (Lipinski definition) is 0. The van der Waals surface area contributed by atoms with Gasteiger partial charge in [0, 0.05) is 0 Å². The highest BCUT2D eigenvalue weighted by atomic mass is 14.2. The molecule has 0 heterocycles. The van der Waals surface area contributed by atoms with Crippen molar-refractivity contribution in [1.82, 2.24) is 0 Å². The van der Waals surface area contributed by atoms with Gasteiger partial charge >= 0.3 is 0 Å². The van der Waals surface area contributed by atoms with Gasteiger partial charge in [-0.1, -0.05) is 97.6 Å². The predicted molar refractivity (Wildman–Crippen MR) is 94.2 cm³/mol. The highest BCUT2D eigenvalue weighted by Crippen LogP contribution is 2.25. The van der Waals surface area contributed by atoms with Gasteiger partial charge in [0.15, 0.2) is 0 Å². The van der Waals surface area contributed by atoms with Gasteiger partial charge in [-0.15, -0.1) is 0 Å². The molecule has 0 radical (unpaired) electrons. The summed E-state index contributed by atoms with van der Waals surface area (Å²) in [5.41, 5.74) is 1.51. The third kappa shape index (κ3) is 10.5. The molecule has 120 valence electrons. The number of unbranched alkanes of at least 4 members (excludes halogenated alkanes) is 2. The second kappa shape index (κ2) is 13.7. The predicted octanol–water partition coefficient (Wildman–Crippen LogP) is 7.54. The van der Waals surface area contributed by atoms with Gasteiger partial charge in [0.25, 0.3) is 0 Å². The smallest absolute Gasteiger partial charge is 0.0295 e. The zero-order chi connectivity index (χ0) is 15.2. The maximum atomic E-state index is 4.34. The lowest BCUT2D eigenvalue weighted by atomic mass is 9.88. The fraction of sp³-hybridized carbons (Fsp3) is 0.900. The molecule has 0 aliphatic heterocycles. The molecule has 0 spiro atoms. The molecule has 2 unspecified atom stereocenters. The van der Waals surface area contributed by atoms with Crippen LogP contribution in [0.1, 0.15) is 105 Å². The van der Waals surface area contributed by atoms with Crippen LogP contribution < -0.4 is 0 Å². The summed E-state index contributed by atoms with van der Waals surface area (Å²) in [5.74, 6) is 1.86. The Kier molecular flexibility index (Phi) is 13.5. The van der Waals surface area contributed by atoms with Crippen LogP contribution in [0, 0.1) is 11.8 Å². The van der Waals surface area contributed by atoms with Gasteiger partial charge in [-0.2, -0.15) is 0 Å². The zero-order valence-electron chi connectivity index (χ0n) is 14.8. The van der Waals surface area contributed by atoms with Gasteiger partial charge in [0.05, 0.1) is 0 Å². The standard InChI is InChI=1S/C20H40/c1-6-10-14-19(8-3)16-12-13-18(5)17-20(9-4)15-11-7-2/h19-20H,5-17H2,1-4H3. The lowest BCUT2D eigenvalue weighted by Gasteiger charge is -2.18. The third-order valence-electron chi connectivity index (χ3n) is 4.81. The first-order chi connectivity index (χ1) is 9.67. The van der Waals surface area contributed by atoms with Crippen molar-refractivity contribution in [2.24, 2.45) is 11.8 Å². The molecule has 0 aliphatic rings. The molecule has 0 nitrogen and oxygen atoms in total. The van der Waals surface area contributed by atoms with E-state index in [1.807, 2.05) is 0 Å². The van der Waals surface area contributed by atoms with E-state index in [-0.39, 0.29) is 0 Å². The van der Waals surface area contributed by atoms with Crippen molar-refractivity contribution < 1.29 is 0 Å². The van der Waals surface area contributed by atoms with Crippen LogP contribution in [0.4, 0.5) is 0 Å². The summed E-state index contributed by atoms with van der Waals surface area (Å²) >= 11 is 0. The van der Waals surface area contributed by atoms with Crippen molar-refractivity contribution >= 4 is 0 Å². The lowest BCUT2D eigenvalue weighted by molar-refractivity contribution is 0.402. The molecule has 0 rings (SSSR count). The summed E-state index contributed by atoms with van der Waals surface area (Å²) in [7, 11) is 0. The van der Waals surface area contributed by atoms with Gasteiger partial charge in [0.2, 0.25) is 0 Å². The molecule has 0 saturated heterocycles. The molecule has 0 aliphatic carbocycles. The minimum atomic E-state index is 0.893. The normalized spacial score (nSPS) is 14.2. The van der Waals surface area contributed by atoms with Crippen molar-refractivity contribution in [3.63, 3.8) is 0 Å². The first kappa shape index (κ1) is 19.7. The molecule has 0 N–H and O–H groups in total. The fourth-order valence-electron chi connectivity index (χ4n) is 3.14. The van der Waals surface area contributed by atoms with Crippen LogP contribution in [0.15, 0.2) is 12.2 Å². The third-order valence-corrected chi connectivity index (χ3v) is 4.81. The van der Waals surface area contributed by atoms with E-state index in [9.17, 15) is 0 Å². The minimum Gasteiger partial charge on any atom is -0.0999 e. The van der Waals surface area contributed by atoms with Gasteiger partial charge in [-0.05, 0) is 31.1 Å². The molecule has 0 aromatic carbocycles. The first-order valence-electron chi connectivity index (χ1n) is 9.34. The van der Waals surface area contributed by atoms with Crippen molar-refractivity contribution in [1.29, 1.82) is 0 Å². The fourth-order valence-corrected chi connectivity index (χ4v) is 3.14. The van der Waals surface area contributed by atoms with E-state index < -0.39 is 0 Å².